The zero-order valence-corrected chi connectivity index (χ0v) is 16.6. The van der Waals surface area contributed by atoms with Crippen LogP contribution >= 0.6 is 0 Å². The van der Waals surface area contributed by atoms with E-state index in [-0.39, 0.29) is 6.10 Å². The van der Waals surface area contributed by atoms with Crippen molar-refractivity contribution in [2.75, 3.05) is 25.0 Å². The Hall–Kier alpha value is -3.37. The Kier molecular flexibility index (Phi) is 5.45. The molecular formula is C22H24N6O. The molecule has 0 bridgehead atoms. The van der Waals surface area contributed by atoms with Crippen molar-refractivity contribution in [2.24, 2.45) is 7.05 Å². The lowest BCUT2D eigenvalue weighted by atomic mass is 10.0. The SMILES string of the molecule is Cc1cc(C#N)ccc1CCNCC1CNc2cc(-c3cnn(C)c3)cnc2O1. The van der Waals surface area contributed by atoms with Crippen LogP contribution in [0.25, 0.3) is 11.1 Å². The number of nitrogens with one attached hydrogen (secondary N) is 2. The zero-order chi connectivity index (χ0) is 20.2. The van der Waals surface area contributed by atoms with Crippen LogP contribution in [0, 0.1) is 18.3 Å². The number of hydrogen-bond acceptors (Lipinski definition) is 6. The van der Waals surface area contributed by atoms with Crippen LogP contribution in [0.1, 0.15) is 16.7 Å². The van der Waals surface area contributed by atoms with Crippen molar-refractivity contribution in [3.63, 3.8) is 0 Å². The number of anilines is 1. The molecule has 7 nitrogen and oxygen atoms in total. The van der Waals surface area contributed by atoms with E-state index in [0.717, 1.165) is 48.4 Å². The van der Waals surface area contributed by atoms with Gasteiger partial charge in [0.25, 0.3) is 0 Å². The Bertz CT molecular complexity index is 1050. The maximum atomic E-state index is 8.96. The Balaban J connectivity index is 1.29. The number of nitrogens with zero attached hydrogens (tertiary/aromatic N) is 4. The molecule has 2 N–H and O–H groups in total. The number of aromatic nitrogens is 3. The second-order valence-corrected chi connectivity index (χ2v) is 7.31. The van der Waals surface area contributed by atoms with Gasteiger partial charge in [-0.3, -0.25) is 4.68 Å². The maximum absolute atomic E-state index is 8.96. The molecule has 0 spiro atoms. The van der Waals surface area contributed by atoms with Gasteiger partial charge in [-0.25, -0.2) is 4.98 Å². The van der Waals surface area contributed by atoms with Crippen LogP contribution in [0.5, 0.6) is 5.88 Å². The molecule has 0 radical (unpaired) electrons. The van der Waals surface area contributed by atoms with Gasteiger partial charge in [0, 0.05) is 37.1 Å². The van der Waals surface area contributed by atoms with Crippen molar-refractivity contribution in [3.05, 3.63) is 59.5 Å². The van der Waals surface area contributed by atoms with Crippen LogP contribution in [0.2, 0.25) is 0 Å². The summed E-state index contributed by atoms with van der Waals surface area (Å²) < 4.78 is 7.82. The molecule has 0 fully saturated rings. The van der Waals surface area contributed by atoms with E-state index in [1.807, 2.05) is 50.8 Å². The minimum absolute atomic E-state index is 0.0290. The molecule has 29 heavy (non-hydrogen) atoms. The van der Waals surface area contributed by atoms with Gasteiger partial charge < -0.3 is 15.4 Å². The highest BCUT2D eigenvalue weighted by Crippen LogP contribution is 2.30. The predicted molar refractivity (Wildman–Crippen MR) is 112 cm³/mol. The average molecular weight is 388 g/mol. The lowest BCUT2D eigenvalue weighted by Crippen LogP contribution is -2.40. The van der Waals surface area contributed by atoms with Crippen LogP contribution in [0.3, 0.4) is 0 Å². The third-order valence-corrected chi connectivity index (χ3v) is 5.10. The van der Waals surface area contributed by atoms with Crippen LogP contribution in [0.4, 0.5) is 5.69 Å². The first-order valence-corrected chi connectivity index (χ1v) is 9.72. The number of fused-ring (bicyclic) bond motifs is 1. The third-order valence-electron chi connectivity index (χ3n) is 5.10. The van der Waals surface area contributed by atoms with E-state index in [1.54, 1.807) is 4.68 Å². The minimum Gasteiger partial charge on any atom is -0.470 e. The molecule has 3 heterocycles. The highest BCUT2D eigenvalue weighted by atomic mass is 16.5. The number of hydrogen-bond donors (Lipinski definition) is 2. The van der Waals surface area contributed by atoms with Gasteiger partial charge in [-0.15, -0.1) is 0 Å². The van der Waals surface area contributed by atoms with Crippen molar-refractivity contribution in [2.45, 2.75) is 19.4 Å². The quantitative estimate of drug-likeness (QED) is 0.631. The normalized spacial score (nSPS) is 15.1. The minimum atomic E-state index is 0.0290. The second-order valence-electron chi connectivity index (χ2n) is 7.31. The lowest BCUT2D eigenvalue weighted by molar-refractivity contribution is 0.194. The van der Waals surface area contributed by atoms with Crippen LogP contribution in [0.15, 0.2) is 42.9 Å². The van der Waals surface area contributed by atoms with Crippen molar-refractivity contribution in [1.82, 2.24) is 20.1 Å². The van der Waals surface area contributed by atoms with Gasteiger partial charge in [-0.05, 0) is 49.2 Å². The van der Waals surface area contributed by atoms with Crippen LogP contribution in [-0.4, -0.2) is 40.5 Å². The van der Waals surface area contributed by atoms with E-state index in [9.17, 15) is 0 Å². The van der Waals surface area contributed by atoms with Gasteiger partial charge in [-0.1, -0.05) is 6.07 Å². The molecule has 1 unspecified atom stereocenters. The summed E-state index contributed by atoms with van der Waals surface area (Å²) in [5.41, 5.74) is 6.08. The van der Waals surface area contributed by atoms with Crippen molar-refractivity contribution in [1.29, 1.82) is 5.26 Å². The molecule has 1 aliphatic rings. The van der Waals surface area contributed by atoms with E-state index in [4.69, 9.17) is 10.00 Å². The number of ether oxygens (including phenoxy) is 1. The van der Waals surface area contributed by atoms with Gasteiger partial charge >= 0.3 is 0 Å². The highest BCUT2D eigenvalue weighted by Gasteiger charge is 2.20. The fraction of sp³-hybridized carbons (Fsp3) is 0.318. The lowest BCUT2D eigenvalue weighted by Gasteiger charge is -2.27. The van der Waals surface area contributed by atoms with E-state index in [0.29, 0.717) is 11.4 Å². The number of pyridine rings is 1. The first-order valence-electron chi connectivity index (χ1n) is 9.72. The van der Waals surface area contributed by atoms with Crippen LogP contribution in [-0.2, 0) is 13.5 Å². The van der Waals surface area contributed by atoms with Gasteiger partial charge in [0.2, 0.25) is 5.88 Å². The predicted octanol–water partition coefficient (Wildman–Crippen LogP) is 2.67. The summed E-state index contributed by atoms with van der Waals surface area (Å²) >= 11 is 0. The average Bonchev–Trinajstić information content (AvgIpc) is 3.18. The van der Waals surface area contributed by atoms with E-state index >= 15 is 0 Å². The molecule has 1 aromatic carbocycles. The van der Waals surface area contributed by atoms with Crippen molar-refractivity contribution < 1.29 is 4.74 Å². The van der Waals surface area contributed by atoms with Crippen molar-refractivity contribution >= 4 is 5.69 Å². The van der Waals surface area contributed by atoms with Gasteiger partial charge in [-0.2, -0.15) is 10.4 Å². The second kappa shape index (κ2) is 8.33. The highest BCUT2D eigenvalue weighted by molar-refractivity contribution is 5.69. The number of rotatable bonds is 6. The summed E-state index contributed by atoms with van der Waals surface area (Å²) in [6.45, 7) is 4.38. The summed E-state index contributed by atoms with van der Waals surface area (Å²) in [5, 5.41) is 20.1. The van der Waals surface area contributed by atoms with Gasteiger partial charge in [0.05, 0.1) is 30.1 Å². The first kappa shape index (κ1) is 19.0. The zero-order valence-electron chi connectivity index (χ0n) is 16.6. The molecule has 0 saturated heterocycles. The molecule has 0 aliphatic carbocycles. The largest absolute Gasteiger partial charge is 0.470 e. The van der Waals surface area contributed by atoms with E-state index in [2.05, 4.69) is 32.9 Å². The Morgan fingerprint density at radius 2 is 2.21 bits per heavy atom. The Labute approximate surface area is 170 Å². The molecule has 1 atom stereocenters. The molecule has 2 aromatic heterocycles. The Morgan fingerprint density at radius 1 is 1.31 bits per heavy atom. The summed E-state index contributed by atoms with van der Waals surface area (Å²) in [4.78, 5) is 4.48. The third kappa shape index (κ3) is 4.39. The number of aryl methyl sites for hydroxylation is 2. The van der Waals surface area contributed by atoms with Crippen molar-refractivity contribution in [3.8, 4) is 23.1 Å². The van der Waals surface area contributed by atoms with Gasteiger partial charge in [0.15, 0.2) is 0 Å². The summed E-state index contributed by atoms with van der Waals surface area (Å²) in [5.74, 6) is 0.638. The molecule has 7 heteroatoms. The topological polar surface area (TPSA) is 87.8 Å². The first-order chi connectivity index (χ1) is 14.1. The molecule has 4 rings (SSSR count). The maximum Gasteiger partial charge on any atom is 0.237 e. The molecule has 0 saturated carbocycles. The fourth-order valence-electron chi connectivity index (χ4n) is 3.47. The smallest absolute Gasteiger partial charge is 0.237 e. The summed E-state index contributed by atoms with van der Waals surface area (Å²) in [7, 11) is 1.90. The molecule has 3 aromatic rings. The molecular weight excluding hydrogens is 364 g/mol. The summed E-state index contributed by atoms with van der Waals surface area (Å²) in [6.07, 6.45) is 6.56. The monoisotopic (exact) mass is 388 g/mol. The van der Waals surface area contributed by atoms with E-state index in [1.165, 1.54) is 5.56 Å². The molecule has 0 amide bonds. The number of benzene rings is 1. The molecule has 1 aliphatic heterocycles. The van der Waals surface area contributed by atoms with Gasteiger partial charge in [0.1, 0.15) is 6.10 Å². The molecule has 148 valence electrons. The Morgan fingerprint density at radius 3 is 2.97 bits per heavy atom. The fourth-order valence-corrected chi connectivity index (χ4v) is 3.47. The van der Waals surface area contributed by atoms with Crippen LogP contribution < -0.4 is 15.4 Å². The van der Waals surface area contributed by atoms with E-state index < -0.39 is 0 Å². The standard InChI is InChI=1S/C22H24N6O/c1-15-7-16(9-23)3-4-17(15)5-6-24-12-20-13-25-21-8-18(10-26-22(21)29-20)19-11-27-28(2)14-19/h3-4,7-8,10-11,14,20,24-25H,5-6,12-13H2,1-2H3. The number of nitriles is 1. The summed E-state index contributed by atoms with van der Waals surface area (Å²) in [6, 6.07) is 10.1.